The van der Waals surface area contributed by atoms with Gasteiger partial charge in [-0.2, -0.15) is 0 Å². The van der Waals surface area contributed by atoms with Gasteiger partial charge in [0.2, 0.25) is 0 Å². The van der Waals surface area contributed by atoms with Gasteiger partial charge in [-0.15, -0.1) is 0 Å². The number of carbonyl (C=O) groups excluding carboxylic acids is 1. The Labute approximate surface area is 152 Å². The lowest BCUT2D eigenvalue weighted by Crippen LogP contribution is -2.38. The van der Waals surface area contributed by atoms with Gasteiger partial charge in [-0.1, -0.05) is 91.0 Å². The summed E-state index contributed by atoms with van der Waals surface area (Å²) in [4.78, 5) is 15.9. The minimum absolute atomic E-state index is 0.335. The van der Waals surface area contributed by atoms with E-state index in [2.05, 4.69) is 47.6 Å². The van der Waals surface area contributed by atoms with Gasteiger partial charge in [0.15, 0.2) is 12.1 Å². The maximum Gasteiger partial charge on any atom is 0.185 e. The summed E-state index contributed by atoms with van der Waals surface area (Å²) in [5, 5.41) is 0. The van der Waals surface area contributed by atoms with Crippen LogP contribution in [-0.2, 0) is 5.54 Å². The van der Waals surface area contributed by atoms with Gasteiger partial charge in [-0.25, -0.2) is 4.98 Å². The molecule has 1 heterocycles. The summed E-state index contributed by atoms with van der Waals surface area (Å²) in [7, 11) is 0. The van der Waals surface area contributed by atoms with E-state index in [1.807, 2.05) is 59.2 Å². The summed E-state index contributed by atoms with van der Waals surface area (Å²) in [6.07, 6.45) is 5.37. The van der Waals surface area contributed by atoms with E-state index in [4.69, 9.17) is 0 Å². The van der Waals surface area contributed by atoms with Gasteiger partial charge in [-0.05, 0) is 16.7 Å². The summed E-state index contributed by atoms with van der Waals surface area (Å²) < 4.78 is 1.90. The van der Waals surface area contributed by atoms with Crippen molar-refractivity contribution in [3.05, 3.63) is 126 Å². The lowest BCUT2D eigenvalue weighted by atomic mass is 9.76. The molecule has 3 heteroatoms. The second-order valence-corrected chi connectivity index (χ2v) is 6.02. The number of aldehydes is 1. The highest BCUT2D eigenvalue weighted by atomic mass is 16.1. The molecule has 4 rings (SSSR count). The Morgan fingerprint density at radius 3 is 1.54 bits per heavy atom. The number of benzene rings is 3. The molecule has 0 spiro atoms. The number of hydrogen-bond acceptors (Lipinski definition) is 2. The van der Waals surface area contributed by atoms with Crippen molar-refractivity contribution in [3.63, 3.8) is 0 Å². The van der Waals surface area contributed by atoms with E-state index in [0.717, 1.165) is 23.0 Å². The number of carbonyl (C=O) groups is 1. The molecule has 0 saturated carbocycles. The third kappa shape index (κ3) is 2.45. The maximum atomic E-state index is 11.7. The van der Waals surface area contributed by atoms with Crippen molar-refractivity contribution < 1.29 is 4.79 Å². The molecule has 0 aliphatic heterocycles. The van der Waals surface area contributed by atoms with E-state index in [1.165, 1.54) is 0 Å². The average Bonchev–Trinajstić information content (AvgIpc) is 3.20. The fourth-order valence-corrected chi connectivity index (χ4v) is 3.58. The van der Waals surface area contributed by atoms with Gasteiger partial charge >= 0.3 is 0 Å². The number of aromatic nitrogens is 2. The summed E-state index contributed by atoms with van der Waals surface area (Å²) in [6, 6.07) is 30.5. The Kier molecular flexibility index (Phi) is 4.20. The molecule has 3 nitrogen and oxygen atoms in total. The van der Waals surface area contributed by atoms with E-state index in [0.29, 0.717) is 5.82 Å². The molecule has 0 unspecified atom stereocenters. The molecule has 1 aromatic heterocycles. The third-order valence-corrected chi connectivity index (χ3v) is 4.65. The molecule has 125 valence electrons. The van der Waals surface area contributed by atoms with Crippen molar-refractivity contribution in [3.8, 4) is 0 Å². The van der Waals surface area contributed by atoms with E-state index in [-0.39, 0.29) is 0 Å². The Bertz CT molecular complexity index is 895. The summed E-state index contributed by atoms with van der Waals surface area (Å²) in [5.74, 6) is 0.335. The first kappa shape index (κ1) is 16.0. The van der Waals surface area contributed by atoms with Gasteiger partial charge in [-0.3, -0.25) is 4.79 Å². The molecule has 4 aromatic rings. The summed E-state index contributed by atoms with van der Waals surface area (Å²) in [6.45, 7) is 0. The van der Waals surface area contributed by atoms with Crippen molar-refractivity contribution in [2.45, 2.75) is 5.54 Å². The summed E-state index contributed by atoms with van der Waals surface area (Å²) >= 11 is 0. The van der Waals surface area contributed by atoms with Gasteiger partial charge in [0.05, 0.1) is 0 Å². The molecule has 0 fully saturated rings. The lowest BCUT2D eigenvalue weighted by Gasteiger charge is -2.38. The van der Waals surface area contributed by atoms with Crippen molar-refractivity contribution in [1.82, 2.24) is 9.55 Å². The quantitative estimate of drug-likeness (QED) is 0.401. The fraction of sp³-hybridized carbons (Fsp3) is 0.0435. The van der Waals surface area contributed by atoms with Crippen molar-refractivity contribution in [1.29, 1.82) is 0 Å². The molecule has 0 aliphatic rings. The van der Waals surface area contributed by atoms with E-state index >= 15 is 0 Å². The minimum atomic E-state index is -0.715. The molecule has 0 saturated heterocycles. The SMILES string of the molecule is O=Cc1n[c]cn1C(c1ccccc1)(c1ccccc1)c1ccccc1. The van der Waals surface area contributed by atoms with Crippen LogP contribution in [0.4, 0.5) is 0 Å². The molecule has 0 atom stereocenters. The van der Waals surface area contributed by atoms with E-state index in [9.17, 15) is 4.79 Å². The largest absolute Gasteiger partial charge is 0.310 e. The number of imidazole rings is 1. The van der Waals surface area contributed by atoms with Crippen LogP contribution in [-0.4, -0.2) is 15.8 Å². The zero-order valence-corrected chi connectivity index (χ0v) is 14.1. The molecular formula is C23H17N2O. The zero-order valence-electron chi connectivity index (χ0n) is 14.1. The first-order chi connectivity index (χ1) is 12.9. The first-order valence-electron chi connectivity index (χ1n) is 8.45. The Morgan fingerprint density at radius 1 is 0.731 bits per heavy atom. The number of hydrogen-bond donors (Lipinski definition) is 0. The molecule has 0 aliphatic carbocycles. The molecule has 1 radical (unpaired) electrons. The zero-order chi connectivity index (χ0) is 17.8. The Hall–Kier alpha value is -3.46. The van der Waals surface area contributed by atoms with E-state index in [1.54, 1.807) is 6.20 Å². The van der Waals surface area contributed by atoms with Crippen LogP contribution in [0.2, 0.25) is 0 Å². The fourth-order valence-electron chi connectivity index (χ4n) is 3.58. The lowest BCUT2D eigenvalue weighted by molar-refractivity contribution is 0.110. The van der Waals surface area contributed by atoms with Gasteiger partial charge in [0.25, 0.3) is 0 Å². The summed E-state index contributed by atoms with van der Waals surface area (Å²) in [5.41, 5.74) is 2.43. The predicted octanol–water partition coefficient (Wildman–Crippen LogP) is 4.34. The van der Waals surface area contributed by atoms with Crippen molar-refractivity contribution in [2.75, 3.05) is 0 Å². The van der Waals surface area contributed by atoms with Crippen LogP contribution in [0.1, 0.15) is 27.3 Å². The smallest absolute Gasteiger partial charge is 0.185 e. The topological polar surface area (TPSA) is 34.9 Å². The number of nitrogens with zero attached hydrogens (tertiary/aromatic N) is 2. The van der Waals surface area contributed by atoms with Crippen LogP contribution < -0.4 is 0 Å². The Morgan fingerprint density at radius 2 is 1.15 bits per heavy atom. The first-order valence-corrected chi connectivity index (χ1v) is 8.45. The Balaban J connectivity index is 2.16. The van der Waals surface area contributed by atoms with Crippen LogP contribution >= 0.6 is 0 Å². The van der Waals surface area contributed by atoms with E-state index < -0.39 is 5.54 Å². The highest BCUT2D eigenvalue weighted by Crippen LogP contribution is 2.41. The molecule has 26 heavy (non-hydrogen) atoms. The molecule has 0 N–H and O–H groups in total. The van der Waals surface area contributed by atoms with Crippen LogP contribution in [0.25, 0.3) is 0 Å². The van der Waals surface area contributed by atoms with Crippen molar-refractivity contribution >= 4 is 6.29 Å². The molecule has 0 bridgehead atoms. The molecular weight excluding hydrogens is 320 g/mol. The molecule has 3 aromatic carbocycles. The second-order valence-electron chi connectivity index (χ2n) is 6.02. The molecule has 0 amide bonds. The van der Waals surface area contributed by atoms with Crippen LogP contribution in [0.3, 0.4) is 0 Å². The van der Waals surface area contributed by atoms with Crippen LogP contribution in [0.5, 0.6) is 0 Å². The number of rotatable bonds is 5. The standard InChI is InChI=1S/C23H17N2O/c26-18-22-24-16-17-25(22)23(19-10-4-1-5-11-19,20-12-6-2-7-13-20)21-14-8-3-9-15-21/h1-15,17-18H. The maximum absolute atomic E-state index is 11.7. The second kappa shape index (κ2) is 6.81. The van der Waals surface area contributed by atoms with Crippen LogP contribution in [0, 0.1) is 6.20 Å². The van der Waals surface area contributed by atoms with Gasteiger partial charge in [0.1, 0.15) is 11.7 Å². The normalized spacial score (nSPS) is 11.2. The highest BCUT2D eigenvalue weighted by molar-refractivity contribution is 5.70. The third-order valence-electron chi connectivity index (χ3n) is 4.65. The monoisotopic (exact) mass is 337 g/mol. The highest BCUT2D eigenvalue weighted by Gasteiger charge is 2.39. The average molecular weight is 337 g/mol. The van der Waals surface area contributed by atoms with Gasteiger partial charge in [0, 0.05) is 6.20 Å². The predicted molar refractivity (Wildman–Crippen MR) is 101 cm³/mol. The van der Waals surface area contributed by atoms with Crippen LogP contribution in [0.15, 0.2) is 97.2 Å². The minimum Gasteiger partial charge on any atom is -0.310 e. The van der Waals surface area contributed by atoms with Gasteiger partial charge < -0.3 is 4.57 Å². The van der Waals surface area contributed by atoms with Crippen molar-refractivity contribution in [2.24, 2.45) is 0 Å².